The third kappa shape index (κ3) is 8.97. The van der Waals surface area contributed by atoms with Crippen molar-refractivity contribution in [1.82, 2.24) is 0 Å². The SMILES string of the molecule is C(=CC1CCCCC1)CP(C1CCCCC1)C1CCCCC1.[Cl][Pd][Cl]. The molecule has 0 aromatic carbocycles. The molecule has 4 heteroatoms. The number of halogens is 2. The summed E-state index contributed by atoms with van der Waals surface area (Å²) in [6, 6.07) is 0. The van der Waals surface area contributed by atoms with Gasteiger partial charge in [-0.1, -0.05) is 77.9 Å². The number of allylic oxidation sites excluding steroid dienone is 2. The van der Waals surface area contributed by atoms with Crippen molar-refractivity contribution in [3.8, 4) is 0 Å². The molecule has 0 aliphatic heterocycles. The summed E-state index contributed by atoms with van der Waals surface area (Å²) in [7, 11) is 9.92. The summed E-state index contributed by atoms with van der Waals surface area (Å²) in [5.74, 6) is 0.934. The second-order valence-electron chi connectivity index (χ2n) is 8.15. The van der Waals surface area contributed by atoms with Crippen LogP contribution in [0.4, 0.5) is 0 Å². The summed E-state index contributed by atoms with van der Waals surface area (Å²) < 4.78 is 0. The van der Waals surface area contributed by atoms with Crippen molar-refractivity contribution in [2.45, 2.75) is 108 Å². The van der Waals surface area contributed by atoms with Gasteiger partial charge in [0.05, 0.1) is 0 Å². The van der Waals surface area contributed by atoms with Crippen LogP contribution in [0.5, 0.6) is 0 Å². The average molecular weight is 498 g/mol. The first-order chi connectivity index (χ1) is 12.3. The molecule has 0 radical (unpaired) electrons. The van der Waals surface area contributed by atoms with Crippen LogP contribution in [0.15, 0.2) is 12.2 Å². The molecule has 0 heterocycles. The number of rotatable bonds is 5. The fourth-order valence-corrected chi connectivity index (χ4v) is 8.74. The van der Waals surface area contributed by atoms with Gasteiger partial charge in [-0.05, 0) is 61.9 Å². The van der Waals surface area contributed by atoms with Crippen LogP contribution >= 0.6 is 27.0 Å². The van der Waals surface area contributed by atoms with Crippen LogP contribution in [0.25, 0.3) is 0 Å². The summed E-state index contributed by atoms with van der Waals surface area (Å²) >= 11 is -0.106. The van der Waals surface area contributed by atoms with Crippen LogP contribution in [0.1, 0.15) is 96.3 Å². The van der Waals surface area contributed by atoms with Crippen molar-refractivity contribution in [2.75, 3.05) is 6.16 Å². The molecule has 0 aromatic rings. The van der Waals surface area contributed by atoms with E-state index in [9.17, 15) is 0 Å². The van der Waals surface area contributed by atoms with Gasteiger partial charge in [0, 0.05) is 0 Å². The first-order valence-corrected chi connectivity index (χ1v) is 16.3. The standard InChI is InChI=1S/C21H37P.2ClH.Pd/c1-4-11-19(12-5-1)13-10-18-22(20-14-6-2-7-15-20)21-16-8-3-9-17-21;;;/h10,13,19-21H,1-9,11-12,14-18H2;2*1H;/q;;;+2/p-2. The molecule has 3 saturated carbocycles. The predicted octanol–water partition coefficient (Wildman–Crippen LogP) is 8.65. The van der Waals surface area contributed by atoms with E-state index in [2.05, 4.69) is 12.2 Å². The fraction of sp³-hybridized carbons (Fsp3) is 0.905. The van der Waals surface area contributed by atoms with Crippen LogP contribution in [-0.2, 0) is 15.9 Å². The zero-order chi connectivity index (χ0) is 17.7. The average Bonchev–Trinajstić information content (AvgIpc) is 2.68. The van der Waals surface area contributed by atoms with E-state index in [1.165, 1.54) is 76.8 Å². The van der Waals surface area contributed by atoms with Gasteiger partial charge < -0.3 is 0 Å². The van der Waals surface area contributed by atoms with Gasteiger partial charge in [-0.25, -0.2) is 0 Å². The van der Waals surface area contributed by atoms with Crippen LogP contribution in [0.3, 0.4) is 0 Å². The van der Waals surface area contributed by atoms with Crippen molar-refractivity contribution in [3.63, 3.8) is 0 Å². The van der Waals surface area contributed by atoms with E-state index >= 15 is 0 Å². The van der Waals surface area contributed by atoms with E-state index in [1.807, 2.05) is 0 Å². The van der Waals surface area contributed by atoms with Gasteiger partial charge in [0.1, 0.15) is 0 Å². The van der Waals surface area contributed by atoms with Gasteiger partial charge in [-0.3, -0.25) is 0 Å². The van der Waals surface area contributed by atoms with E-state index in [-0.39, 0.29) is 23.9 Å². The minimum absolute atomic E-state index is 0.106. The zero-order valence-corrected chi connectivity index (χ0v) is 19.7. The first kappa shape index (κ1) is 22.7. The normalized spacial score (nSPS) is 24.6. The van der Waals surface area contributed by atoms with Crippen molar-refractivity contribution >= 4 is 27.0 Å². The Morgan fingerprint density at radius 2 is 1.08 bits per heavy atom. The molecule has 0 N–H and O–H groups in total. The fourth-order valence-electron chi connectivity index (χ4n) is 5.12. The third-order valence-electron chi connectivity index (χ3n) is 6.46. The van der Waals surface area contributed by atoms with Crippen LogP contribution in [0, 0.1) is 5.92 Å². The zero-order valence-electron chi connectivity index (χ0n) is 15.7. The molecule has 0 spiro atoms. The first-order valence-electron chi connectivity index (χ1n) is 10.6. The van der Waals surface area contributed by atoms with Crippen LogP contribution in [0.2, 0.25) is 0 Å². The van der Waals surface area contributed by atoms with E-state index in [0.717, 1.165) is 17.2 Å². The molecule has 3 rings (SSSR count). The molecular formula is C21H37Cl2PPd. The Hall–Kier alpha value is 1.41. The van der Waals surface area contributed by atoms with E-state index in [0.29, 0.717) is 0 Å². The second-order valence-corrected chi connectivity index (χ2v) is 13.4. The quantitative estimate of drug-likeness (QED) is 0.202. The monoisotopic (exact) mass is 496 g/mol. The molecule has 0 amide bonds. The molecule has 0 aromatic heterocycles. The Labute approximate surface area is 174 Å². The summed E-state index contributed by atoms with van der Waals surface area (Å²) in [6.07, 6.45) is 29.6. The molecule has 0 atom stereocenters. The van der Waals surface area contributed by atoms with E-state index in [1.54, 1.807) is 25.7 Å². The van der Waals surface area contributed by atoms with Crippen LogP contribution < -0.4 is 0 Å². The van der Waals surface area contributed by atoms with Crippen molar-refractivity contribution < 1.29 is 15.9 Å². The van der Waals surface area contributed by atoms with Crippen molar-refractivity contribution in [1.29, 1.82) is 0 Å². The Balaban J connectivity index is 0.000000701. The third-order valence-corrected chi connectivity index (χ3v) is 10.0. The maximum atomic E-state index is 4.81. The Morgan fingerprint density at radius 1 is 0.680 bits per heavy atom. The summed E-state index contributed by atoms with van der Waals surface area (Å²) in [4.78, 5) is 0. The molecule has 3 fully saturated rings. The van der Waals surface area contributed by atoms with Crippen molar-refractivity contribution in [3.05, 3.63) is 12.2 Å². The van der Waals surface area contributed by atoms with Gasteiger partial charge in [0.25, 0.3) is 0 Å². The summed E-state index contributed by atoms with van der Waals surface area (Å²) in [5, 5.41) is 0. The van der Waals surface area contributed by atoms with Gasteiger partial charge in [-0.2, -0.15) is 0 Å². The van der Waals surface area contributed by atoms with E-state index < -0.39 is 0 Å². The van der Waals surface area contributed by atoms with Crippen molar-refractivity contribution in [2.24, 2.45) is 5.92 Å². The Morgan fingerprint density at radius 3 is 1.52 bits per heavy atom. The Kier molecular flexibility index (Phi) is 13.1. The number of hydrogen-bond donors (Lipinski definition) is 0. The number of hydrogen-bond acceptors (Lipinski definition) is 0. The van der Waals surface area contributed by atoms with Gasteiger partial charge in [-0.15, -0.1) is 0 Å². The molecule has 0 nitrogen and oxygen atoms in total. The van der Waals surface area contributed by atoms with Crippen LogP contribution in [-0.4, -0.2) is 17.5 Å². The molecule has 0 bridgehead atoms. The van der Waals surface area contributed by atoms with Gasteiger partial charge >= 0.3 is 35.0 Å². The second kappa shape index (κ2) is 14.4. The van der Waals surface area contributed by atoms with Gasteiger partial charge in [0.15, 0.2) is 0 Å². The molecule has 150 valence electrons. The maximum absolute atomic E-state index is 4.81. The molecule has 3 aliphatic carbocycles. The van der Waals surface area contributed by atoms with E-state index in [4.69, 9.17) is 19.1 Å². The van der Waals surface area contributed by atoms with Gasteiger partial charge in [0.2, 0.25) is 0 Å². The molecule has 25 heavy (non-hydrogen) atoms. The molecule has 0 unspecified atom stereocenters. The summed E-state index contributed by atoms with van der Waals surface area (Å²) in [6.45, 7) is 0. The summed E-state index contributed by atoms with van der Waals surface area (Å²) in [5.41, 5.74) is 2.26. The topological polar surface area (TPSA) is 0 Å². The Bertz CT molecular complexity index is 328. The minimum atomic E-state index is -0.106. The molecule has 3 aliphatic rings. The predicted molar refractivity (Wildman–Crippen MR) is 113 cm³/mol. The molecule has 0 saturated heterocycles. The molecular weight excluding hydrogens is 461 g/mol.